The summed E-state index contributed by atoms with van der Waals surface area (Å²) in [4.78, 5) is 25.2. The van der Waals surface area contributed by atoms with Gasteiger partial charge in [0.15, 0.2) is 18.1 Å². The average Bonchev–Trinajstić information content (AvgIpc) is 2.61. The zero-order valence-electron chi connectivity index (χ0n) is 14.2. The topological polar surface area (TPSA) is 88.9 Å². The van der Waals surface area contributed by atoms with Gasteiger partial charge in [-0.25, -0.2) is 4.79 Å². The van der Waals surface area contributed by atoms with Gasteiger partial charge in [-0.2, -0.15) is 5.26 Å². The molecule has 0 aliphatic rings. The number of methoxy groups -OCH3 is 1. The summed E-state index contributed by atoms with van der Waals surface area (Å²) in [5.41, 5.74) is 0.267. The zero-order valence-corrected chi connectivity index (χ0v) is 14.2. The van der Waals surface area contributed by atoms with Crippen LogP contribution in [-0.2, 0) is 9.53 Å². The Morgan fingerprint density at radius 3 is 2.67 bits per heavy atom. The van der Waals surface area contributed by atoms with Gasteiger partial charge in [-0.3, -0.25) is 4.79 Å². The van der Waals surface area contributed by atoms with Crippen LogP contribution in [-0.4, -0.2) is 50.7 Å². The first-order chi connectivity index (χ1) is 11.5. The highest BCUT2D eigenvalue weighted by Crippen LogP contribution is 2.28. The number of carbonyl (C=O) groups is 2. The Labute approximate surface area is 141 Å². The molecule has 0 heterocycles. The van der Waals surface area contributed by atoms with E-state index >= 15 is 0 Å². The third-order valence-corrected chi connectivity index (χ3v) is 3.17. The maximum atomic E-state index is 12.0. The van der Waals surface area contributed by atoms with E-state index in [0.29, 0.717) is 24.7 Å². The number of nitriles is 1. The number of benzene rings is 1. The molecule has 0 bridgehead atoms. The number of rotatable bonds is 9. The van der Waals surface area contributed by atoms with Gasteiger partial charge in [0, 0.05) is 13.6 Å². The monoisotopic (exact) mass is 334 g/mol. The molecule has 7 nitrogen and oxygen atoms in total. The molecule has 0 fully saturated rings. The summed E-state index contributed by atoms with van der Waals surface area (Å²) in [6, 6.07) is 6.65. The molecular formula is C17H22N2O5. The van der Waals surface area contributed by atoms with Crippen LogP contribution in [0.4, 0.5) is 0 Å². The lowest BCUT2D eigenvalue weighted by atomic mass is 10.2. The molecule has 0 aliphatic heterocycles. The molecular weight excluding hydrogens is 312 g/mol. The number of amides is 1. The first kappa shape index (κ1) is 19.3. The van der Waals surface area contributed by atoms with Crippen LogP contribution in [0.3, 0.4) is 0 Å². The quantitative estimate of drug-likeness (QED) is 0.642. The molecule has 0 aromatic heterocycles. The summed E-state index contributed by atoms with van der Waals surface area (Å²) in [6.45, 7) is 2.45. The van der Waals surface area contributed by atoms with E-state index in [4.69, 9.17) is 19.5 Å². The van der Waals surface area contributed by atoms with Crippen LogP contribution in [0, 0.1) is 11.3 Å². The lowest BCUT2D eigenvalue weighted by molar-refractivity contribution is -0.133. The molecule has 0 N–H and O–H groups in total. The van der Waals surface area contributed by atoms with E-state index in [0.717, 1.165) is 6.42 Å². The first-order valence-corrected chi connectivity index (χ1v) is 7.62. The highest BCUT2D eigenvalue weighted by Gasteiger charge is 2.15. The second-order valence-electron chi connectivity index (χ2n) is 5.01. The number of hydrogen-bond acceptors (Lipinski definition) is 6. The third-order valence-electron chi connectivity index (χ3n) is 3.17. The normalized spacial score (nSPS) is 9.75. The van der Waals surface area contributed by atoms with Crippen LogP contribution in [0.2, 0.25) is 0 Å². The summed E-state index contributed by atoms with van der Waals surface area (Å²) in [5, 5.41) is 8.49. The van der Waals surface area contributed by atoms with Crippen LogP contribution in [0.1, 0.15) is 30.1 Å². The summed E-state index contributed by atoms with van der Waals surface area (Å²) in [7, 11) is 3.04. The zero-order chi connectivity index (χ0) is 17.9. The van der Waals surface area contributed by atoms with Gasteiger partial charge in [-0.05, 0) is 24.6 Å². The molecule has 0 unspecified atom stereocenters. The molecule has 1 amide bonds. The van der Waals surface area contributed by atoms with E-state index < -0.39 is 5.97 Å². The molecule has 0 spiro atoms. The minimum absolute atomic E-state index is 0.229. The molecule has 0 atom stereocenters. The lowest BCUT2D eigenvalue weighted by Gasteiger charge is -2.15. The van der Waals surface area contributed by atoms with E-state index in [1.165, 1.54) is 18.1 Å². The van der Waals surface area contributed by atoms with E-state index in [9.17, 15) is 9.59 Å². The molecule has 0 radical (unpaired) electrons. The van der Waals surface area contributed by atoms with Crippen molar-refractivity contribution < 1.29 is 23.8 Å². The van der Waals surface area contributed by atoms with Gasteiger partial charge in [0.25, 0.3) is 5.91 Å². The molecule has 0 saturated heterocycles. The number of ether oxygens (including phenoxy) is 3. The SMILES string of the molecule is CCCOc1ccc(C(=O)OCC(=O)N(C)CCC#N)cc1OC. The third kappa shape index (κ3) is 5.80. The Bertz CT molecular complexity index is 609. The molecule has 24 heavy (non-hydrogen) atoms. The Kier molecular flexibility index (Phi) is 8.13. The number of likely N-dealkylation sites (N-methyl/N-ethyl adjacent to an activating group) is 1. The van der Waals surface area contributed by atoms with Crippen LogP contribution in [0.15, 0.2) is 18.2 Å². The van der Waals surface area contributed by atoms with E-state index in [1.807, 2.05) is 13.0 Å². The van der Waals surface area contributed by atoms with Gasteiger partial charge >= 0.3 is 5.97 Å². The van der Waals surface area contributed by atoms with Crippen molar-refractivity contribution in [2.24, 2.45) is 0 Å². The Morgan fingerprint density at radius 2 is 2.04 bits per heavy atom. The van der Waals surface area contributed by atoms with Gasteiger partial charge in [-0.15, -0.1) is 0 Å². The number of nitrogens with zero attached hydrogens (tertiary/aromatic N) is 2. The van der Waals surface area contributed by atoms with Crippen molar-refractivity contribution in [1.82, 2.24) is 4.90 Å². The molecule has 130 valence electrons. The fourth-order valence-electron chi connectivity index (χ4n) is 1.79. The van der Waals surface area contributed by atoms with Crippen molar-refractivity contribution >= 4 is 11.9 Å². The first-order valence-electron chi connectivity index (χ1n) is 7.62. The highest BCUT2D eigenvalue weighted by molar-refractivity contribution is 5.92. The van der Waals surface area contributed by atoms with Crippen molar-refractivity contribution in [2.75, 3.05) is 33.9 Å². The van der Waals surface area contributed by atoms with Gasteiger partial charge in [0.05, 0.1) is 31.8 Å². The summed E-state index contributed by atoms with van der Waals surface area (Å²) < 4.78 is 15.7. The predicted molar refractivity (Wildman–Crippen MR) is 86.9 cm³/mol. The second kappa shape index (κ2) is 10.1. The minimum Gasteiger partial charge on any atom is -0.493 e. The van der Waals surface area contributed by atoms with Crippen molar-refractivity contribution in [1.29, 1.82) is 5.26 Å². The van der Waals surface area contributed by atoms with E-state index in [-0.39, 0.29) is 24.5 Å². The maximum Gasteiger partial charge on any atom is 0.338 e. The summed E-state index contributed by atoms with van der Waals surface area (Å²) in [5.74, 6) is -0.0237. The number of carbonyl (C=O) groups excluding carboxylic acids is 2. The van der Waals surface area contributed by atoms with Crippen LogP contribution >= 0.6 is 0 Å². The van der Waals surface area contributed by atoms with Crippen LogP contribution in [0.5, 0.6) is 11.5 Å². The predicted octanol–water partition coefficient (Wildman–Crippen LogP) is 2.01. The van der Waals surface area contributed by atoms with Gasteiger partial charge in [-0.1, -0.05) is 6.92 Å². The van der Waals surface area contributed by atoms with Crippen molar-refractivity contribution in [3.8, 4) is 17.6 Å². The van der Waals surface area contributed by atoms with E-state index in [1.54, 1.807) is 19.2 Å². The van der Waals surface area contributed by atoms with Gasteiger partial charge in [0.2, 0.25) is 0 Å². The second-order valence-corrected chi connectivity index (χ2v) is 5.01. The van der Waals surface area contributed by atoms with Crippen molar-refractivity contribution in [3.05, 3.63) is 23.8 Å². The number of hydrogen-bond donors (Lipinski definition) is 0. The van der Waals surface area contributed by atoms with Gasteiger partial charge in [0.1, 0.15) is 0 Å². The standard InChI is InChI=1S/C17H22N2O5/c1-4-10-23-14-7-6-13(11-15(14)22-3)17(21)24-12-16(20)19(2)9-5-8-18/h6-7,11H,4-5,9-10,12H2,1-3H3. The molecule has 1 aromatic rings. The smallest absolute Gasteiger partial charge is 0.338 e. The molecule has 0 saturated carbocycles. The molecule has 0 aliphatic carbocycles. The summed E-state index contributed by atoms with van der Waals surface area (Å²) >= 11 is 0. The van der Waals surface area contributed by atoms with Crippen LogP contribution < -0.4 is 9.47 Å². The van der Waals surface area contributed by atoms with Crippen LogP contribution in [0.25, 0.3) is 0 Å². The van der Waals surface area contributed by atoms with Gasteiger partial charge < -0.3 is 19.1 Å². The average molecular weight is 334 g/mol. The summed E-state index contributed by atoms with van der Waals surface area (Å²) in [6.07, 6.45) is 1.08. The Balaban J connectivity index is 2.64. The maximum absolute atomic E-state index is 12.0. The minimum atomic E-state index is -0.627. The fraction of sp³-hybridized carbons (Fsp3) is 0.471. The Morgan fingerprint density at radius 1 is 1.29 bits per heavy atom. The molecule has 1 aromatic carbocycles. The largest absolute Gasteiger partial charge is 0.493 e. The van der Waals surface area contributed by atoms with Crippen molar-refractivity contribution in [3.63, 3.8) is 0 Å². The highest BCUT2D eigenvalue weighted by atomic mass is 16.5. The number of esters is 1. The lowest BCUT2D eigenvalue weighted by Crippen LogP contribution is -2.31. The fourth-order valence-corrected chi connectivity index (χ4v) is 1.79. The van der Waals surface area contributed by atoms with Crippen molar-refractivity contribution in [2.45, 2.75) is 19.8 Å². The molecule has 1 rings (SSSR count). The Hall–Kier alpha value is -2.75. The molecule has 7 heteroatoms. The van der Waals surface area contributed by atoms with E-state index in [2.05, 4.69) is 0 Å².